The molecule has 3 nitrogen and oxygen atoms in total. The van der Waals surface area contributed by atoms with Gasteiger partial charge in [-0.2, -0.15) is 11.3 Å². The molecule has 108 valence electrons. The van der Waals surface area contributed by atoms with Crippen LogP contribution in [0.1, 0.15) is 16.7 Å². The molecule has 0 aliphatic rings. The molecule has 0 atom stereocenters. The van der Waals surface area contributed by atoms with E-state index in [0.29, 0.717) is 19.5 Å². The zero-order valence-electron chi connectivity index (χ0n) is 12.0. The number of benzene rings is 1. The van der Waals surface area contributed by atoms with E-state index in [4.69, 9.17) is 5.73 Å². The predicted molar refractivity (Wildman–Crippen MR) is 86.9 cm³/mol. The third-order valence-corrected chi connectivity index (χ3v) is 3.80. The van der Waals surface area contributed by atoms with Gasteiger partial charge in [0.2, 0.25) is 5.91 Å². The maximum absolute atomic E-state index is 12.1. The Balaban J connectivity index is 1.92. The van der Waals surface area contributed by atoms with E-state index in [1.807, 2.05) is 48.1 Å². The maximum atomic E-state index is 12.1. The lowest BCUT2D eigenvalue weighted by Crippen LogP contribution is -2.27. The van der Waals surface area contributed by atoms with E-state index >= 15 is 0 Å². The Labute approximate surface area is 129 Å². The number of thiophene rings is 1. The average molecular weight is 298 g/mol. The predicted octanol–water partition coefficient (Wildman–Crippen LogP) is 2.26. The van der Waals surface area contributed by atoms with Crippen LogP contribution < -0.4 is 5.73 Å². The molecule has 0 saturated carbocycles. The number of hydrogen-bond donors (Lipinski definition) is 1. The molecule has 0 bridgehead atoms. The van der Waals surface area contributed by atoms with Crippen LogP contribution >= 0.6 is 11.3 Å². The largest absolute Gasteiger partial charge is 0.341 e. The van der Waals surface area contributed by atoms with Crippen molar-refractivity contribution in [1.29, 1.82) is 0 Å². The summed E-state index contributed by atoms with van der Waals surface area (Å²) in [6, 6.07) is 9.88. The SMILES string of the molecule is CN(Cc1ccc(C#CCN)cc1)C(=O)Cc1ccsc1. The Bertz CT molecular complexity index is 636. The number of nitrogens with zero attached hydrogens (tertiary/aromatic N) is 1. The van der Waals surface area contributed by atoms with Gasteiger partial charge in [0, 0.05) is 19.2 Å². The number of amides is 1. The van der Waals surface area contributed by atoms with Gasteiger partial charge in [-0.3, -0.25) is 4.79 Å². The van der Waals surface area contributed by atoms with Crippen molar-refractivity contribution in [2.24, 2.45) is 5.73 Å². The Morgan fingerprint density at radius 1 is 1.24 bits per heavy atom. The van der Waals surface area contributed by atoms with Gasteiger partial charge in [-0.1, -0.05) is 24.0 Å². The second-order valence-electron chi connectivity index (χ2n) is 4.76. The first-order valence-electron chi connectivity index (χ1n) is 6.72. The second-order valence-corrected chi connectivity index (χ2v) is 5.54. The fourth-order valence-corrected chi connectivity index (χ4v) is 2.58. The minimum Gasteiger partial charge on any atom is -0.341 e. The summed E-state index contributed by atoms with van der Waals surface area (Å²) in [5, 5.41) is 4.00. The van der Waals surface area contributed by atoms with E-state index in [1.165, 1.54) is 0 Å². The number of hydrogen-bond acceptors (Lipinski definition) is 3. The van der Waals surface area contributed by atoms with Crippen molar-refractivity contribution in [3.05, 3.63) is 57.8 Å². The molecule has 1 aromatic carbocycles. The third kappa shape index (κ3) is 4.75. The molecule has 1 aromatic heterocycles. The summed E-state index contributed by atoms with van der Waals surface area (Å²) < 4.78 is 0. The molecular weight excluding hydrogens is 280 g/mol. The minimum absolute atomic E-state index is 0.125. The number of likely N-dealkylation sites (N-methyl/N-ethyl adjacent to an activating group) is 1. The van der Waals surface area contributed by atoms with Crippen LogP contribution in [-0.2, 0) is 17.8 Å². The molecule has 0 radical (unpaired) electrons. The van der Waals surface area contributed by atoms with Crippen LogP contribution in [-0.4, -0.2) is 24.4 Å². The van der Waals surface area contributed by atoms with E-state index in [1.54, 1.807) is 16.2 Å². The Morgan fingerprint density at radius 3 is 2.62 bits per heavy atom. The van der Waals surface area contributed by atoms with Gasteiger partial charge in [0.05, 0.1) is 13.0 Å². The highest BCUT2D eigenvalue weighted by Crippen LogP contribution is 2.10. The van der Waals surface area contributed by atoms with Gasteiger partial charge in [-0.05, 0) is 40.1 Å². The maximum Gasteiger partial charge on any atom is 0.227 e. The molecule has 1 amide bonds. The lowest BCUT2D eigenvalue weighted by molar-refractivity contribution is -0.129. The Morgan fingerprint density at radius 2 is 2.00 bits per heavy atom. The zero-order valence-corrected chi connectivity index (χ0v) is 12.8. The van der Waals surface area contributed by atoms with Crippen LogP contribution in [0.4, 0.5) is 0 Å². The lowest BCUT2D eigenvalue weighted by Gasteiger charge is -2.17. The van der Waals surface area contributed by atoms with Gasteiger partial charge in [0.25, 0.3) is 0 Å². The van der Waals surface area contributed by atoms with Crippen LogP contribution in [0.2, 0.25) is 0 Å². The second kappa shape index (κ2) is 7.63. The highest BCUT2D eigenvalue weighted by Gasteiger charge is 2.10. The smallest absolute Gasteiger partial charge is 0.227 e. The summed E-state index contributed by atoms with van der Waals surface area (Å²) in [7, 11) is 1.83. The quantitative estimate of drug-likeness (QED) is 0.880. The highest BCUT2D eigenvalue weighted by atomic mass is 32.1. The third-order valence-electron chi connectivity index (χ3n) is 3.07. The molecule has 4 heteroatoms. The van der Waals surface area contributed by atoms with Gasteiger partial charge in [-0.15, -0.1) is 0 Å². The van der Waals surface area contributed by atoms with Crippen LogP contribution in [0.25, 0.3) is 0 Å². The van der Waals surface area contributed by atoms with Crippen molar-refractivity contribution in [1.82, 2.24) is 4.90 Å². The van der Waals surface area contributed by atoms with Gasteiger partial charge in [0.1, 0.15) is 0 Å². The fraction of sp³-hybridized carbons (Fsp3) is 0.235. The van der Waals surface area contributed by atoms with Gasteiger partial charge < -0.3 is 10.6 Å². The summed E-state index contributed by atoms with van der Waals surface area (Å²) in [6.45, 7) is 0.967. The molecule has 0 spiro atoms. The van der Waals surface area contributed by atoms with Crippen LogP contribution in [0.5, 0.6) is 0 Å². The standard InChI is InChI=1S/C17H18N2OS/c1-19(17(20)11-16-8-10-21-13-16)12-15-6-4-14(5-7-15)3-2-9-18/h4-8,10,13H,9,11-12,18H2,1H3. The van der Waals surface area contributed by atoms with E-state index < -0.39 is 0 Å². The van der Waals surface area contributed by atoms with Crippen molar-refractivity contribution in [2.45, 2.75) is 13.0 Å². The molecule has 0 unspecified atom stereocenters. The highest BCUT2D eigenvalue weighted by molar-refractivity contribution is 7.07. The zero-order chi connectivity index (χ0) is 15.1. The summed E-state index contributed by atoms with van der Waals surface area (Å²) >= 11 is 1.61. The number of carbonyl (C=O) groups excluding carboxylic acids is 1. The van der Waals surface area contributed by atoms with E-state index in [-0.39, 0.29) is 5.91 Å². The topological polar surface area (TPSA) is 46.3 Å². The first kappa shape index (κ1) is 15.3. The van der Waals surface area contributed by atoms with Crippen LogP contribution in [0.15, 0.2) is 41.1 Å². The molecule has 0 aliphatic heterocycles. The molecular formula is C17H18N2OS. The molecule has 0 fully saturated rings. The van der Waals surface area contributed by atoms with Gasteiger partial charge in [0.15, 0.2) is 0 Å². The van der Waals surface area contributed by atoms with Crippen LogP contribution in [0.3, 0.4) is 0 Å². The summed E-state index contributed by atoms with van der Waals surface area (Å²) in [6.07, 6.45) is 0.458. The van der Waals surface area contributed by atoms with Crippen LogP contribution in [0, 0.1) is 11.8 Å². The van der Waals surface area contributed by atoms with Crippen molar-refractivity contribution in [2.75, 3.05) is 13.6 Å². The van der Waals surface area contributed by atoms with Crippen molar-refractivity contribution in [3.8, 4) is 11.8 Å². The number of nitrogens with two attached hydrogens (primary N) is 1. The van der Waals surface area contributed by atoms with E-state index in [9.17, 15) is 4.79 Å². The summed E-state index contributed by atoms with van der Waals surface area (Å²) in [5.74, 6) is 5.93. The first-order valence-corrected chi connectivity index (χ1v) is 7.66. The monoisotopic (exact) mass is 298 g/mol. The van der Waals surface area contributed by atoms with E-state index in [2.05, 4.69) is 11.8 Å². The molecule has 2 rings (SSSR count). The van der Waals surface area contributed by atoms with Crippen molar-refractivity contribution >= 4 is 17.2 Å². The van der Waals surface area contributed by atoms with Gasteiger partial charge >= 0.3 is 0 Å². The Hall–Kier alpha value is -2.09. The molecule has 21 heavy (non-hydrogen) atoms. The molecule has 2 aromatic rings. The molecule has 0 aliphatic carbocycles. The lowest BCUT2D eigenvalue weighted by atomic mass is 10.1. The van der Waals surface area contributed by atoms with Gasteiger partial charge in [-0.25, -0.2) is 0 Å². The number of carbonyl (C=O) groups is 1. The normalized spacial score (nSPS) is 9.81. The minimum atomic E-state index is 0.125. The fourth-order valence-electron chi connectivity index (χ4n) is 1.91. The molecule has 0 saturated heterocycles. The molecule has 2 N–H and O–H groups in total. The van der Waals surface area contributed by atoms with Crippen molar-refractivity contribution in [3.63, 3.8) is 0 Å². The summed E-state index contributed by atoms with van der Waals surface area (Å²) in [5.41, 5.74) is 8.45. The summed E-state index contributed by atoms with van der Waals surface area (Å²) in [4.78, 5) is 13.9. The van der Waals surface area contributed by atoms with Crippen molar-refractivity contribution < 1.29 is 4.79 Å². The Kier molecular flexibility index (Phi) is 5.56. The first-order chi connectivity index (χ1) is 10.2. The average Bonchev–Trinajstić information content (AvgIpc) is 2.99. The number of rotatable bonds is 4. The van der Waals surface area contributed by atoms with E-state index in [0.717, 1.165) is 16.7 Å². The molecule has 1 heterocycles.